The quantitative estimate of drug-likeness (QED) is 0.327. The second kappa shape index (κ2) is 10.6. The molecular formula is C20H23ClN4O5S. The lowest BCUT2D eigenvalue weighted by Crippen LogP contribution is -2.44. The van der Waals surface area contributed by atoms with Gasteiger partial charge in [0.2, 0.25) is 10.0 Å². The van der Waals surface area contributed by atoms with Gasteiger partial charge < -0.3 is 9.73 Å². The number of halogens is 1. The maximum atomic E-state index is 12.3. The first-order chi connectivity index (χ1) is 14.8. The van der Waals surface area contributed by atoms with E-state index in [0.717, 1.165) is 32.1 Å². The molecule has 2 amide bonds. The minimum atomic E-state index is -3.72. The summed E-state index contributed by atoms with van der Waals surface area (Å²) in [6.07, 6.45) is 6.21. The van der Waals surface area contributed by atoms with E-state index in [9.17, 15) is 18.0 Å². The molecule has 0 saturated heterocycles. The number of rotatable bonds is 7. The number of sulfonamides is 1. The highest BCUT2D eigenvalue weighted by Gasteiger charge is 2.20. The second-order valence-electron chi connectivity index (χ2n) is 7.09. The molecule has 2 aromatic rings. The third-order valence-corrected chi connectivity index (χ3v) is 6.42. The summed E-state index contributed by atoms with van der Waals surface area (Å²) < 4.78 is 32.4. The molecule has 1 fully saturated rings. The Morgan fingerprint density at radius 2 is 1.77 bits per heavy atom. The van der Waals surface area contributed by atoms with Crippen LogP contribution in [0.1, 0.15) is 43.6 Å². The van der Waals surface area contributed by atoms with E-state index in [4.69, 9.17) is 16.0 Å². The van der Waals surface area contributed by atoms with Gasteiger partial charge in [0.15, 0.2) is 0 Å². The fourth-order valence-corrected chi connectivity index (χ4v) is 4.24. The SMILES string of the molecule is O=C(N/N=C/c1ccc(CNS(=O)(=O)c2ccc(Cl)cc2)o1)C(=O)NC1CCCCC1. The van der Waals surface area contributed by atoms with Gasteiger partial charge in [-0.25, -0.2) is 18.6 Å². The molecule has 0 spiro atoms. The fraction of sp³-hybridized carbons (Fsp3) is 0.350. The van der Waals surface area contributed by atoms with Crippen LogP contribution in [0.4, 0.5) is 0 Å². The van der Waals surface area contributed by atoms with Gasteiger partial charge in [0.05, 0.1) is 17.7 Å². The second-order valence-corrected chi connectivity index (χ2v) is 9.29. The van der Waals surface area contributed by atoms with Crippen molar-refractivity contribution in [2.45, 2.75) is 49.6 Å². The van der Waals surface area contributed by atoms with E-state index in [1.165, 1.54) is 30.5 Å². The highest BCUT2D eigenvalue weighted by atomic mass is 35.5. The number of carbonyl (C=O) groups excluding carboxylic acids is 2. The average Bonchev–Trinajstić information content (AvgIpc) is 3.21. The summed E-state index contributed by atoms with van der Waals surface area (Å²) in [5.41, 5.74) is 2.15. The molecule has 9 nitrogen and oxygen atoms in total. The van der Waals surface area contributed by atoms with E-state index < -0.39 is 21.8 Å². The van der Waals surface area contributed by atoms with Gasteiger partial charge in [-0.3, -0.25) is 9.59 Å². The van der Waals surface area contributed by atoms with Crippen molar-refractivity contribution in [1.82, 2.24) is 15.5 Å². The van der Waals surface area contributed by atoms with Gasteiger partial charge in [-0.1, -0.05) is 30.9 Å². The topological polar surface area (TPSA) is 130 Å². The number of carbonyl (C=O) groups is 2. The molecule has 3 N–H and O–H groups in total. The average molecular weight is 467 g/mol. The van der Waals surface area contributed by atoms with Crippen molar-refractivity contribution in [3.63, 3.8) is 0 Å². The van der Waals surface area contributed by atoms with Gasteiger partial charge in [0.1, 0.15) is 11.5 Å². The predicted octanol–water partition coefficient (Wildman–Crippen LogP) is 2.31. The summed E-state index contributed by atoms with van der Waals surface area (Å²) in [5, 5.41) is 6.84. The number of hydrazone groups is 1. The van der Waals surface area contributed by atoms with E-state index in [1.54, 1.807) is 12.1 Å². The predicted molar refractivity (Wildman–Crippen MR) is 115 cm³/mol. The zero-order chi connectivity index (χ0) is 22.3. The lowest BCUT2D eigenvalue weighted by Gasteiger charge is -2.22. The number of nitrogens with one attached hydrogen (secondary N) is 3. The van der Waals surface area contributed by atoms with Crippen molar-refractivity contribution in [2.75, 3.05) is 0 Å². The van der Waals surface area contributed by atoms with Crippen LogP contribution in [0, 0.1) is 0 Å². The van der Waals surface area contributed by atoms with Gasteiger partial charge in [-0.15, -0.1) is 0 Å². The molecule has 11 heteroatoms. The van der Waals surface area contributed by atoms with Crippen molar-refractivity contribution in [1.29, 1.82) is 0 Å². The first-order valence-corrected chi connectivity index (χ1v) is 11.7. The van der Waals surface area contributed by atoms with Crippen molar-refractivity contribution < 1.29 is 22.4 Å². The Hall–Kier alpha value is -2.69. The minimum Gasteiger partial charge on any atom is -0.459 e. The zero-order valence-corrected chi connectivity index (χ0v) is 18.2. The number of hydrogen-bond donors (Lipinski definition) is 3. The molecule has 0 bridgehead atoms. The van der Waals surface area contributed by atoms with E-state index in [1.807, 2.05) is 0 Å². The smallest absolute Gasteiger partial charge is 0.329 e. The largest absolute Gasteiger partial charge is 0.459 e. The molecule has 0 unspecified atom stereocenters. The van der Waals surface area contributed by atoms with Crippen LogP contribution in [0.25, 0.3) is 0 Å². The van der Waals surface area contributed by atoms with Crippen LogP contribution in [-0.2, 0) is 26.2 Å². The molecule has 31 heavy (non-hydrogen) atoms. The summed E-state index contributed by atoms with van der Waals surface area (Å²) in [6.45, 7) is -0.0745. The Morgan fingerprint density at radius 3 is 2.48 bits per heavy atom. The molecule has 1 aromatic heterocycles. The molecule has 0 atom stereocenters. The van der Waals surface area contributed by atoms with Crippen LogP contribution in [-0.4, -0.2) is 32.5 Å². The van der Waals surface area contributed by atoms with Crippen LogP contribution >= 0.6 is 11.6 Å². The third-order valence-electron chi connectivity index (χ3n) is 4.75. The molecule has 166 valence electrons. The van der Waals surface area contributed by atoms with Crippen molar-refractivity contribution in [3.8, 4) is 0 Å². The molecule has 0 radical (unpaired) electrons. The van der Waals surface area contributed by atoms with Crippen LogP contribution in [0.5, 0.6) is 0 Å². The zero-order valence-electron chi connectivity index (χ0n) is 16.6. The van der Waals surface area contributed by atoms with Crippen molar-refractivity contribution in [2.24, 2.45) is 5.10 Å². The summed E-state index contributed by atoms with van der Waals surface area (Å²) >= 11 is 5.77. The number of benzene rings is 1. The Morgan fingerprint density at radius 1 is 1.06 bits per heavy atom. The van der Waals surface area contributed by atoms with Gasteiger partial charge in [-0.2, -0.15) is 5.10 Å². The number of furan rings is 1. The van der Waals surface area contributed by atoms with Crippen molar-refractivity contribution in [3.05, 3.63) is 52.9 Å². The Kier molecular flexibility index (Phi) is 7.83. The summed E-state index contributed by atoms with van der Waals surface area (Å²) in [5.74, 6) is -0.945. The molecule has 3 rings (SSSR count). The monoisotopic (exact) mass is 466 g/mol. The molecule has 1 aliphatic rings. The summed E-state index contributed by atoms with van der Waals surface area (Å²) in [7, 11) is -3.72. The van der Waals surface area contributed by atoms with Crippen LogP contribution in [0.2, 0.25) is 5.02 Å². The van der Waals surface area contributed by atoms with Crippen LogP contribution in [0.15, 0.2) is 50.8 Å². The van der Waals surface area contributed by atoms with Gasteiger partial charge in [0.25, 0.3) is 0 Å². The summed E-state index contributed by atoms with van der Waals surface area (Å²) in [4.78, 5) is 23.8. The molecule has 0 aliphatic heterocycles. The standard InChI is InChI=1S/C20H23ClN4O5S/c21-14-6-10-18(11-7-14)31(28,29)23-13-17-9-8-16(30-17)12-22-25-20(27)19(26)24-15-4-2-1-3-5-15/h6-12,15,23H,1-5,13H2,(H,24,26)(H,25,27)/b22-12+. The van der Waals surface area contributed by atoms with Gasteiger partial charge in [-0.05, 0) is 49.2 Å². The molecule has 1 saturated carbocycles. The minimum absolute atomic E-state index is 0.0280. The summed E-state index contributed by atoms with van der Waals surface area (Å²) in [6, 6.07) is 8.94. The van der Waals surface area contributed by atoms with Gasteiger partial charge >= 0.3 is 11.8 Å². The maximum absolute atomic E-state index is 12.3. The number of amides is 2. The van der Waals surface area contributed by atoms with E-state index >= 15 is 0 Å². The Labute approximate surface area is 185 Å². The maximum Gasteiger partial charge on any atom is 0.329 e. The number of hydrogen-bond acceptors (Lipinski definition) is 6. The van der Waals surface area contributed by atoms with E-state index in [2.05, 4.69) is 20.6 Å². The normalized spacial score (nSPS) is 15.1. The molecule has 1 aromatic carbocycles. The Balaban J connectivity index is 1.46. The highest BCUT2D eigenvalue weighted by Crippen LogP contribution is 2.17. The molecule has 1 aliphatic carbocycles. The lowest BCUT2D eigenvalue weighted by atomic mass is 9.95. The molecule has 1 heterocycles. The first kappa shape index (κ1) is 23.0. The van der Waals surface area contributed by atoms with E-state index in [0.29, 0.717) is 10.8 Å². The van der Waals surface area contributed by atoms with Crippen molar-refractivity contribution >= 4 is 39.7 Å². The number of nitrogens with zero attached hydrogens (tertiary/aromatic N) is 1. The lowest BCUT2D eigenvalue weighted by molar-refractivity contribution is -0.139. The fourth-order valence-electron chi connectivity index (χ4n) is 3.13. The third kappa shape index (κ3) is 6.91. The van der Waals surface area contributed by atoms with Crippen LogP contribution in [0.3, 0.4) is 0 Å². The Bertz CT molecular complexity index is 1040. The van der Waals surface area contributed by atoms with Gasteiger partial charge in [0, 0.05) is 11.1 Å². The highest BCUT2D eigenvalue weighted by molar-refractivity contribution is 7.89. The first-order valence-electron chi connectivity index (χ1n) is 9.81. The van der Waals surface area contributed by atoms with Crippen LogP contribution < -0.4 is 15.5 Å². The molecular weight excluding hydrogens is 444 g/mol. The van der Waals surface area contributed by atoms with E-state index in [-0.39, 0.29) is 23.2 Å².